The Labute approximate surface area is 93.3 Å². The fourth-order valence-corrected chi connectivity index (χ4v) is 1.24. The highest BCUT2D eigenvalue weighted by atomic mass is 32.1. The van der Waals surface area contributed by atoms with Gasteiger partial charge in [0.2, 0.25) is 5.91 Å². The molecule has 0 atom stereocenters. The number of hydrogen-bond donors (Lipinski definition) is 4. The van der Waals surface area contributed by atoms with Gasteiger partial charge in [-0.3, -0.25) is 4.79 Å². The maximum atomic E-state index is 10.8. The van der Waals surface area contributed by atoms with E-state index in [1.807, 2.05) is 0 Å². The molecule has 0 bridgehead atoms. The second-order valence-electron chi connectivity index (χ2n) is 3.08. The Morgan fingerprint density at radius 3 is 2.67 bits per heavy atom. The van der Waals surface area contributed by atoms with Crippen LogP contribution in [0, 0.1) is 0 Å². The van der Waals surface area contributed by atoms with Crippen molar-refractivity contribution in [3.8, 4) is 11.5 Å². The van der Waals surface area contributed by atoms with Crippen molar-refractivity contribution in [2.45, 2.75) is 6.42 Å². The fraction of sp³-hybridized carbons (Fsp3) is 0.300. The number of rotatable bonds is 4. The minimum Gasteiger partial charge on any atom is -0.504 e. The zero-order chi connectivity index (χ0) is 11.3. The van der Waals surface area contributed by atoms with Crippen LogP contribution < -0.4 is 5.32 Å². The lowest BCUT2D eigenvalue weighted by atomic mass is 10.1. The predicted molar refractivity (Wildman–Crippen MR) is 60.3 cm³/mol. The number of benzene rings is 1. The third-order valence-corrected chi connectivity index (χ3v) is 2.21. The number of phenols is 2. The smallest absolute Gasteiger partial charge is 0.229 e. The standard InChI is InChI=1S/C10H13NO3S/c12-8-2-1-7(5-9(8)13)3-4-11-10(14)6-15/h1-2,5,12-13,15H,3-4,6H2,(H,11,14). The number of nitrogens with one attached hydrogen (secondary N) is 1. The number of amides is 1. The number of carbonyl (C=O) groups is 1. The van der Waals surface area contributed by atoms with Crippen molar-refractivity contribution in [1.29, 1.82) is 0 Å². The molecule has 0 fully saturated rings. The third-order valence-electron chi connectivity index (χ3n) is 1.92. The van der Waals surface area contributed by atoms with E-state index in [2.05, 4.69) is 17.9 Å². The summed E-state index contributed by atoms with van der Waals surface area (Å²) >= 11 is 3.82. The molecule has 1 aromatic carbocycles. The van der Waals surface area contributed by atoms with E-state index in [0.29, 0.717) is 13.0 Å². The number of aromatic hydroxyl groups is 2. The number of hydrogen-bond acceptors (Lipinski definition) is 4. The van der Waals surface area contributed by atoms with Gasteiger partial charge in [0.1, 0.15) is 0 Å². The quantitative estimate of drug-likeness (QED) is 0.452. The van der Waals surface area contributed by atoms with Crippen LogP contribution in [-0.4, -0.2) is 28.4 Å². The molecule has 1 aromatic rings. The first-order valence-corrected chi connectivity index (χ1v) is 5.15. The Bertz CT molecular complexity index is 355. The van der Waals surface area contributed by atoms with Gasteiger partial charge < -0.3 is 15.5 Å². The van der Waals surface area contributed by atoms with Crippen LogP contribution in [0.4, 0.5) is 0 Å². The van der Waals surface area contributed by atoms with Crippen LogP contribution in [0.5, 0.6) is 11.5 Å². The first kappa shape index (κ1) is 11.7. The predicted octanol–water partition coefficient (Wildman–Crippen LogP) is 0.686. The van der Waals surface area contributed by atoms with Gasteiger partial charge >= 0.3 is 0 Å². The van der Waals surface area contributed by atoms with Crippen molar-refractivity contribution < 1.29 is 15.0 Å². The second-order valence-corrected chi connectivity index (χ2v) is 3.40. The van der Waals surface area contributed by atoms with E-state index >= 15 is 0 Å². The van der Waals surface area contributed by atoms with Crippen molar-refractivity contribution in [2.24, 2.45) is 0 Å². The number of carbonyl (C=O) groups excluding carboxylic acids is 1. The molecule has 0 heterocycles. The summed E-state index contributed by atoms with van der Waals surface area (Å²) in [5.74, 6) is -0.242. The van der Waals surface area contributed by atoms with Crippen LogP contribution in [-0.2, 0) is 11.2 Å². The Kier molecular flexibility index (Phi) is 4.30. The van der Waals surface area contributed by atoms with E-state index in [9.17, 15) is 9.90 Å². The summed E-state index contributed by atoms with van der Waals surface area (Å²) in [6.07, 6.45) is 0.605. The Hall–Kier alpha value is -1.36. The topological polar surface area (TPSA) is 69.6 Å². The molecular formula is C10H13NO3S. The van der Waals surface area contributed by atoms with E-state index in [1.165, 1.54) is 12.1 Å². The first-order chi connectivity index (χ1) is 7.13. The lowest BCUT2D eigenvalue weighted by Gasteiger charge is -2.04. The summed E-state index contributed by atoms with van der Waals surface area (Å²) in [5, 5.41) is 20.9. The molecule has 0 unspecified atom stereocenters. The molecule has 3 N–H and O–H groups in total. The van der Waals surface area contributed by atoms with Gasteiger partial charge in [0.15, 0.2) is 11.5 Å². The van der Waals surface area contributed by atoms with Gasteiger partial charge in [0.05, 0.1) is 5.75 Å². The molecule has 0 saturated carbocycles. The van der Waals surface area contributed by atoms with Gasteiger partial charge in [-0.15, -0.1) is 0 Å². The average Bonchev–Trinajstić information content (AvgIpc) is 2.23. The molecule has 0 saturated heterocycles. The SMILES string of the molecule is O=C(CS)NCCc1ccc(O)c(O)c1. The van der Waals surface area contributed by atoms with Crippen molar-refractivity contribution in [1.82, 2.24) is 5.32 Å². The summed E-state index contributed by atoms with van der Waals surface area (Å²) < 4.78 is 0. The molecule has 0 aromatic heterocycles. The first-order valence-electron chi connectivity index (χ1n) is 4.52. The summed E-state index contributed by atoms with van der Waals surface area (Å²) in [7, 11) is 0. The average molecular weight is 227 g/mol. The van der Waals surface area contributed by atoms with Crippen molar-refractivity contribution in [3.05, 3.63) is 23.8 Å². The van der Waals surface area contributed by atoms with E-state index in [-0.39, 0.29) is 23.2 Å². The third kappa shape index (κ3) is 3.71. The fourth-order valence-electron chi connectivity index (χ4n) is 1.13. The van der Waals surface area contributed by atoms with Gasteiger partial charge in [0, 0.05) is 6.54 Å². The largest absolute Gasteiger partial charge is 0.504 e. The van der Waals surface area contributed by atoms with Gasteiger partial charge in [-0.25, -0.2) is 0 Å². The van der Waals surface area contributed by atoms with Crippen molar-refractivity contribution in [2.75, 3.05) is 12.3 Å². The molecular weight excluding hydrogens is 214 g/mol. The molecule has 1 amide bonds. The lowest BCUT2D eigenvalue weighted by Crippen LogP contribution is -2.26. The van der Waals surface area contributed by atoms with E-state index in [0.717, 1.165) is 5.56 Å². The Morgan fingerprint density at radius 2 is 2.07 bits per heavy atom. The van der Waals surface area contributed by atoms with Gasteiger partial charge in [-0.1, -0.05) is 6.07 Å². The van der Waals surface area contributed by atoms with Crippen LogP contribution in [0.2, 0.25) is 0 Å². The van der Waals surface area contributed by atoms with E-state index < -0.39 is 0 Å². The normalized spacial score (nSPS) is 9.93. The van der Waals surface area contributed by atoms with E-state index in [4.69, 9.17) is 5.11 Å². The summed E-state index contributed by atoms with van der Waals surface area (Å²) in [5.41, 5.74) is 0.852. The van der Waals surface area contributed by atoms with Crippen molar-refractivity contribution in [3.63, 3.8) is 0 Å². The Balaban J connectivity index is 2.44. The van der Waals surface area contributed by atoms with Crippen LogP contribution in [0.15, 0.2) is 18.2 Å². The highest BCUT2D eigenvalue weighted by Crippen LogP contribution is 2.24. The molecule has 0 radical (unpaired) electrons. The summed E-state index contributed by atoms with van der Waals surface area (Å²) in [6, 6.07) is 4.59. The molecule has 0 aliphatic rings. The molecule has 4 nitrogen and oxygen atoms in total. The lowest BCUT2D eigenvalue weighted by molar-refractivity contribution is -0.118. The van der Waals surface area contributed by atoms with Crippen LogP contribution in [0.25, 0.3) is 0 Å². The summed E-state index contributed by atoms with van der Waals surface area (Å²) in [6.45, 7) is 0.490. The highest BCUT2D eigenvalue weighted by Gasteiger charge is 2.01. The number of phenolic OH excluding ortho intramolecular Hbond substituents is 2. The maximum Gasteiger partial charge on any atom is 0.229 e. The number of thiol groups is 1. The minimum absolute atomic E-state index is 0.124. The molecule has 0 spiro atoms. The molecule has 82 valence electrons. The van der Waals surface area contributed by atoms with Crippen LogP contribution in [0.3, 0.4) is 0 Å². The second kappa shape index (κ2) is 5.50. The Morgan fingerprint density at radius 1 is 1.33 bits per heavy atom. The molecule has 5 heteroatoms. The molecule has 1 rings (SSSR count). The highest BCUT2D eigenvalue weighted by molar-refractivity contribution is 7.81. The maximum absolute atomic E-state index is 10.8. The monoisotopic (exact) mass is 227 g/mol. The molecule has 0 aliphatic carbocycles. The van der Waals surface area contributed by atoms with E-state index in [1.54, 1.807) is 6.07 Å². The van der Waals surface area contributed by atoms with Crippen molar-refractivity contribution >= 4 is 18.5 Å². The van der Waals surface area contributed by atoms with Crippen LogP contribution in [0.1, 0.15) is 5.56 Å². The minimum atomic E-state index is -0.145. The van der Waals surface area contributed by atoms with Gasteiger partial charge in [0.25, 0.3) is 0 Å². The van der Waals surface area contributed by atoms with Crippen LogP contribution >= 0.6 is 12.6 Å². The zero-order valence-electron chi connectivity index (χ0n) is 8.10. The molecule has 0 aliphatic heterocycles. The zero-order valence-corrected chi connectivity index (χ0v) is 9.00. The summed E-state index contributed by atoms with van der Waals surface area (Å²) in [4.78, 5) is 10.8. The molecule has 15 heavy (non-hydrogen) atoms. The van der Waals surface area contributed by atoms with Gasteiger partial charge in [-0.05, 0) is 24.1 Å². The van der Waals surface area contributed by atoms with Gasteiger partial charge in [-0.2, -0.15) is 12.6 Å².